The van der Waals surface area contributed by atoms with Crippen molar-refractivity contribution in [3.05, 3.63) is 23.8 Å². The Morgan fingerprint density at radius 2 is 2.41 bits per heavy atom. The van der Waals surface area contributed by atoms with Gasteiger partial charge < -0.3 is 10.5 Å². The number of nitrogens with zero attached hydrogens (tertiary/aromatic N) is 1. The summed E-state index contributed by atoms with van der Waals surface area (Å²) in [6.45, 7) is 0.627. The second-order valence-corrected chi connectivity index (χ2v) is 4.76. The van der Waals surface area contributed by atoms with Crippen LogP contribution in [0.3, 0.4) is 0 Å². The van der Waals surface area contributed by atoms with Crippen molar-refractivity contribution in [2.75, 3.05) is 12.9 Å². The molecule has 17 heavy (non-hydrogen) atoms. The summed E-state index contributed by atoms with van der Waals surface area (Å²) < 4.78 is 5.69. The molecule has 2 rings (SSSR count). The minimum Gasteiger partial charge on any atom is -0.491 e. The molecule has 0 radical (unpaired) electrons. The van der Waals surface area contributed by atoms with Crippen LogP contribution in [-0.2, 0) is 0 Å². The average molecular weight is 267 g/mol. The molecule has 0 saturated heterocycles. The lowest BCUT2D eigenvalue weighted by atomic mass is 10.0. The molecule has 90 valence electrons. The largest absolute Gasteiger partial charge is 0.491 e. The number of para-hydroxylation sites is 1. The van der Waals surface area contributed by atoms with Crippen molar-refractivity contribution in [2.24, 2.45) is 10.8 Å². The fourth-order valence-electron chi connectivity index (χ4n) is 1.68. The highest BCUT2D eigenvalue weighted by atomic mass is 32.2. The van der Waals surface area contributed by atoms with E-state index >= 15 is 0 Å². The number of nitrogens with two attached hydrogens (primary N) is 1. The van der Waals surface area contributed by atoms with Gasteiger partial charge >= 0.3 is 0 Å². The third kappa shape index (κ3) is 2.70. The third-order valence-electron chi connectivity index (χ3n) is 2.40. The van der Waals surface area contributed by atoms with Crippen molar-refractivity contribution in [1.29, 1.82) is 0 Å². The summed E-state index contributed by atoms with van der Waals surface area (Å²) in [5.74, 6) is 0.898. The van der Waals surface area contributed by atoms with Gasteiger partial charge in [0.15, 0.2) is 5.11 Å². The number of benzene rings is 1. The smallest absolute Gasteiger partial charge is 0.184 e. The lowest BCUT2D eigenvalue weighted by molar-refractivity contribution is 0.312. The molecule has 6 heteroatoms. The van der Waals surface area contributed by atoms with Crippen LogP contribution in [0.5, 0.6) is 5.75 Å². The van der Waals surface area contributed by atoms with E-state index in [4.69, 9.17) is 22.7 Å². The quantitative estimate of drug-likeness (QED) is 0.485. The molecule has 1 aromatic carbocycles. The van der Waals surface area contributed by atoms with Crippen LogP contribution in [0.1, 0.15) is 12.0 Å². The molecule has 0 spiro atoms. The Balaban J connectivity index is 2.38. The maximum absolute atomic E-state index is 5.69. The Morgan fingerprint density at radius 3 is 3.12 bits per heavy atom. The predicted octanol–water partition coefficient (Wildman–Crippen LogP) is 1.73. The molecular formula is C11H13N3OS2. The van der Waals surface area contributed by atoms with Gasteiger partial charge in [0.05, 0.1) is 12.3 Å². The van der Waals surface area contributed by atoms with Gasteiger partial charge in [0.1, 0.15) is 5.75 Å². The molecule has 1 heterocycles. The predicted molar refractivity (Wildman–Crippen MR) is 74.8 cm³/mol. The summed E-state index contributed by atoms with van der Waals surface area (Å²) in [6.07, 6.45) is 2.78. The molecule has 0 bridgehead atoms. The van der Waals surface area contributed by atoms with Crippen molar-refractivity contribution in [3.63, 3.8) is 0 Å². The van der Waals surface area contributed by atoms with Gasteiger partial charge in [0.2, 0.25) is 0 Å². The summed E-state index contributed by atoms with van der Waals surface area (Å²) in [4.78, 5) is 1.12. The molecule has 3 N–H and O–H groups in total. The van der Waals surface area contributed by atoms with Crippen molar-refractivity contribution < 1.29 is 4.74 Å². The van der Waals surface area contributed by atoms with Crippen LogP contribution < -0.4 is 15.9 Å². The van der Waals surface area contributed by atoms with Crippen LogP contribution in [0.4, 0.5) is 0 Å². The number of hydrogen-bond acceptors (Lipinski definition) is 4. The summed E-state index contributed by atoms with van der Waals surface area (Å²) in [5.41, 5.74) is 9.92. The maximum Gasteiger partial charge on any atom is 0.184 e. The van der Waals surface area contributed by atoms with Crippen molar-refractivity contribution in [2.45, 2.75) is 11.3 Å². The number of rotatable bonds is 2. The number of fused-ring (bicyclic) bond motifs is 1. The fourth-order valence-corrected chi connectivity index (χ4v) is 2.29. The lowest BCUT2D eigenvalue weighted by Crippen LogP contribution is -2.27. The highest BCUT2D eigenvalue weighted by Gasteiger charge is 2.19. The van der Waals surface area contributed by atoms with Crippen molar-refractivity contribution >= 4 is 34.8 Å². The molecule has 0 fully saturated rings. The highest BCUT2D eigenvalue weighted by molar-refractivity contribution is 7.98. The van der Waals surface area contributed by atoms with Crippen LogP contribution >= 0.6 is 24.0 Å². The molecular weight excluding hydrogens is 254 g/mol. The van der Waals surface area contributed by atoms with Crippen LogP contribution in [-0.4, -0.2) is 23.7 Å². The van der Waals surface area contributed by atoms with Crippen molar-refractivity contribution in [3.8, 4) is 5.75 Å². The zero-order valence-electron chi connectivity index (χ0n) is 9.40. The first kappa shape index (κ1) is 12.2. The van der Waals surface area contributed by atoms with E-state index in [2.05, 4.69) is 10.5 Å². The monoisotopic (exact) mass is 267 g/mol. The van der Waals surface area contributed by atoms with E-state index in [0.717, 1.165) is 28.3 Å². The number of thioether (sulfide) groups is 1. The van der Waals surface area contributed by atoms with Gasteiger partial charge in [-0.05, 0) is 30.6 Å². The van der Waals surface area contributed by atoms with Gasteiger partial charge in [0, 0.05) is 16.9 Å². The Bertz CT molecular complexity index is 474. The van der Waals surface area contributed by atoms with E-state index in [-0.39, 0.29) is 5.11 Å². The Labute approximate surface area is 110 Å². The molecule has 0 unspecified atom stereocenters. The fraction of sp³-hybridized carbons (Fsp3) is 0.273. The minimum absolute atomic E-state index is 0.173. The van der Waals surface area contributed by atoms with Gasteiger partial charge in [-0.25, -0.2) is 0 Å². The second-order valence-electron chi connectivity index (χ2n) is 3.47. The van der Waals surface area contributed by atoms with E-state index in [9.17, 15) is 0 Å². The molecule has 1 aliphatic heterocycles. The Morgan fingerprint density at radius 1 is 1.59 bits per heavy atom. The number of hydrogen-bond donors (Lipinski definition) is 2. The number of nitrogens with one attached hydrogen (secondary N) is 1. The summed E-state index contributed by atoms with van der Waals surface area (Å²) >= 11 is 6.39. The first-order chi connectivity index (χ1) is 8.22. The molecule has 4 nitrogen and oxygen atoms in total. The van der Waals surface area contributed by atoms with E-state index in [0.29, 0.717) is 6.61 Å². The lowest BCUT2D eigenvalue weighted by Gasteiger charge is -2.21. The van der Waals surface area contributed by atoms with E-state index in [1.54, 1.807) is 11.8 Å². The van der Waals surface area contributed by atoms with Crippen LogP contribution in [0, 0.1) is 0 Å². The number of thiocarbonyl (C=S) groups is 1. The van der Waals surface area contributed by atoms with E-state index < -0.39 is 0 Å². The van der Waals surface area contributed by atoms with Crippen molar-refractivity contribution in [1.82, 2.24) is 5.43 Å². The molecule has 1 aromatic rings. The van der Waals surface area contributed by atoms with Gasteiger partial charge in [-0.3, -0.25) is 5.43 Å². The molecule has 0 aromatic heterocycles. The maximum atomic E-state index is 5.69. The second kappa shape index (κ2) is 5.37. The Hall–Kier alpha value is -1.27. The highest BCUT2D eigenvalue weighted by Crippen LogP contribution is 2.34. The first-order valence-electron chi connectivity index (χ1n) is 5.14. The van der Waals surface area contributed by atoms with Crippen LogP contribution in [0.2, 0.25) is 0 Å². The molecule has 0 saturated carbocycles. The SMILES string of the molecule is CSc1cccc2c1OCCC2=NNC(N)=S. The third-order valence-corrected chi connectivity index (χ3v) is 3.25. The van der Waals surface area contributed by atoms with Gasteiger partial charge in [-0.2, -0.15) is 5.10 Å². The molecule has 1 aliphatic rings. The van der Waals surface area contributed by atoms with Crippen LogP contribution in [0.15, 0.2) is 28.2 Å². The number of ether oxygens (including phenoxy) is 1. The number of hydrazone groups is 1. The standard InChI is InChI=1S/C11H13N3OS2/c1-17-9-4-2-3-7-8(13-14-11(12)16)5-6-15-10(7)9/h2-4H,5-6H2,1H3,(H3,12,14,16). The summed E-state index contributed by atoms with van der Waals surface area (Å²) in [7, 11) is 0. The molecule has 0 atom stereocenters. The van der Waals surface area contributed by atoms with E-state index in [1.807, 2.05) is 24.5 Å². The topological polar surface area (TPSA) is 59.6 Å². The van der Waals surface area contributed by atoms with Gasteiger partial charge in [0.25, 0.3) is 0 Å². The van der Waals surface area contributed by atoms with Crippen LogP contribution in [0.25, 0.3) is 0 Å². The molecule has 0 amide bonds. The Kier molecular flexibility index (Phi) is 3.86. The average Bonchev–Trinajstić information content (AvgIpc) is 2.35. The summed E-state index contributed by atoms with van der Waals surface area (Å²) in [5, 5.41) is 4.38. The van der Waals surface area contributed by atoms with Gasteiger partial charge in [-0.15, -0.1) is 11.8 Å². The zero-order valence-corrected chi connectivity index (χ0v) is 11.0. The zero-order chi connectivity index (χ0) is 12.3. The minimum atomic E-state index is 0.173. The van der Waals surface area contributed by atoms with Gasteiger partial charge in [-0.1, -0.05) is 6.07 Å². The normalized spacial score (nSPS) is 16.2. The summed E-state index contributed by atoms with van der Waals surface area (Å²) in [6, 6.07) is 6.03. The first-order valence-corrected chi connectivity index (χ1v) is 6.78. The van der Waals surface area contributed by atoms with E-state index in [1.165, 1.54) is 0 Å². The molecule has 0 aliphatic carbocycles.